The number of aromatic nitrogens is 1. The van der Waals surface area contributed by atoms with Crippen LogP contribution >= 0.6 is 27.3 Å². The van der Waals surface area contributed by atoms with Gasteiger partial charge < -0.3 is 14.6 Å². The van der Waals surface area contributed by atoms with E-state index in [0.717, 1.165) is 28.0 Å². The summed E-state index contributed by atoms with van der Waals surface area (Å²) in [6.07, 6.45) is 0.0621. The molecule has 1 N–H and O–H groups in total. The topological polar surface area (TPSA) is 60.3 Å². The molecule has 2 aromatic heterocycles. The molecule has 0 spiro atoms. The Labute approximate surface area is 182 Å². The fraction of sp³-hybridized carbons (Fsp3) is 0.273. The second-order valence-electron chi connectivity index (χ2n) is 6.81. The van der Waals surface area contributed by atoms with Crippen molar-refractivity contribution in [3.63, 3.8) is 0 Å². The van der Waals surface area contributed by atoms with Crippen molar-refractivity contribution in [2.24, 2.45) is 0 Å². The van der Waals surface area contributed by atoms with Gasteiger partial charge in [0, 0.05) is 20.7 Å². The number of thiophene rings is 1. The molecule has 0 fully saturated rings. The number of hydrogen-bond donors (Lipinski definition) is 1. The zero-order valence-electron chi connectivity index (χ0n) is 16.6. The molecule has 0 radical (unpaired) electrons. The Hall–Kier alpha value is -2.38. The van der Waals surface area contributed by atoms with E-state index in [1.807, 2.05) is 55.6 Å². The van der Waals surface area contributed by atoms with Crippen molar-refractivity contribution >= 4 is 39.1 Å². The minimum atomic E-state index is -0.479. The highest BCUT2D eigenvalue weighted by molar-refractivity contribution is 9.10. The Morgan fingerprint density at radius 2 is 2.00 bits per heavy atom. The third-order valence-electron chi connectivity index (χ3n) is 4.87. The normalized spacial score (nSPS) is 11.9. The molecule has 0 saturated carbocycles. The summed E-state index contributed by atoms with van der Waals surface area (Å²) in [6, 6.07) is 13.1. The molecule has 0 aliphatic carbocycles. The van der Waals surface area contributed by atoms with Crippen LogP contribution in [0.3, 0.4) is 0 Å². The number of hydrogen-bond acceptors (Lipinski definition) is 4. The SMILES string of the molecule is COC(=O)CC(NC(=O)c1cc(C)n(Cc2cccs2)c1C)c1cccc(Br)c1. The van der Waals surface area contributed by atoms with Crippen LogP contribution in [0.5, 0.6) is 0 Å². The largest absolute Gasteiger partial charge is 0.469 e. The van der Waals surface area contributed by atoms with Gasteiger partial charge in [-0.25, -0.2) is 0 Å². The van der Waals surface area contributed by atoms with E-state index in [1.54, 1.807) is 11.3 Å². The van der Waals surface area contributed by atoms with E-state index in [2.05, 4.69) is 31.9 Å². The van der Waals surface area contributed by atoms with Gasteiger partial charge in [-0.1, -0.05) is 34.1 Å². The fourth-order valence-electron chi connectivity index (χ4n) is 3.29. The predicted molar refractivity (Wildman–Crippen MR) is 118 cm³/mol. The average Bonchev–Trinajstić information content (AvgIpc) is 3.31. The molecule has 1 aromatic carbocycles. The number of nitrogens with zero attached hydrogens (tertiary/aromatic N) is 1. The first-order valence-corrected chi connectivity index (χ1v) is 10.9. The van der Waals surface area contributed by atoms with Gasteiger partial charge in [0.15, 0.2) is 0 Å². The maximum absolute atomic E-state index is 13.1. The second kappa shape index (κ2) is 9.41. The van der Waals surface area contributed by atoms with Crippen LogP contribution < -0.4 is 5.32 Å². The summed E-state index contributed by atoms with van der Waals surface area (Å²) in [6.45, 7) is 4.68. The van der Waals surface area contributed by atoms with Crippen molar-refractivity contribution < 1.29 is 14.3 Å². The molecule has 0 aliphatic heterocycles. The Morgan fingerprint density at radius 1 is 1.21 bits per heavy atom. The molecule has 1 amide bonds. The highest BCUT2D eigenvalue weighted by atomic mass is 79.9. The minimum absolute atomic E-state index is 0.0621. The number of rotatable bonds is 7. The van der Waals surface area contributed by atoms with E-state index in [1.165, 1.54) is 12.0 Å². The van der Waals surface area contributed by atoms with Gasteiger partial charge in [0.2, 0.25) is 0 Å². The summed E-state index contributed by atoms with van der Waals surface area (Å²) < 4.78 is 7.84. The van der Waals surface area contributed by atoms with Gasteiger partial charge in [-0.05, 0) is 49.1 Å². The predicted octanol–water partition coefficient (Wildman–Crippen LogP) is 5.01. The van der Waals surface area contributed by atoms with Gasteiger partial charge in [0.1, 0.15) is 0 Å². The van der Waals surface area contributed by atoms with E-state index >= 15 is 0 Å². The molecule has 0 saturated heterocycles. The summed E-state index contributed by atoms with van der Waals surface area (Å²) in [4.78, 5) is 26.2. The molecule has 1 unspecified atom stereocenters. The van der Waals surface area contributed by atoms with Crippen molar-refractivity contribution in [3.05, 3.63) is 79.7 Å². The van der Waals surface area contributed by atoms with Gasteiger partial charge in [-0.3, -0.25) is 9.59 Å². The van der Waals surface area contributed by atoms with Gasteiger partial charge in [0.25, 0.3) is 5.91 Å². The number of amides is 1. The molecule has 7 heteroatoms. The van der Waals surface area contributed by atoms with E-state index < -0.39 is 6.04 Å². The molecule has 2 heterocycles. The first kappa shape index (κ1) is 21.3. The first-order chi connectivity index (χ1) is 13.9. The standard InChI is InChI=1S/C22H23BrN2O3S/c1-14-10-19(15(2)25(14)13-18-8-5-9-29-18)22(27)24-20(12-21(26)28-3)16-6-4-7-17(23)11-16/h4-11,20H,12-13H2,1-3H3,(H,24,27). The fourth-order valence-corrected chi connectivity index (χ4v) is 4.40. The number of carbonyl (C=O) groups excluding carboxylic acids is 2. The Morgan fingerprint density at radius 3 is 2.66 bits per heavy atom. The summed E-state index contributed by atoms with van der Waals surface area (Å²) >= 11 is 5.14. The van der Waals surface area contributed by atoms with Crippen LogP contribution in [-0.2, 0) is 16.1 Å². The van der Waals surface area contributed by atoms with Gasteiger partial charge in [-0.15, -0.1) is 11.3 Å². The molecule has 0 bridgehead atoms. The zero-order valence-corrected chi connectivity index (χ0v) is 19.0. The number of halogens is 1. The molecular weight excluding hydrogens is 452 g/mol. The lowest BCUT2D eigenvalue weighted by Crippen LogP contribution is -2.30. The Bertz CT molecular complexity index is 1010. The van der Waals surface area contributed by atoms with Crippen LogP contribution in [0, 0.1) is 13.8 Å². The molecule has 5 nitrogen and oxygen atoms in total. The van der Waals surface area contributed by atoms with Crippen LogP contribution in [0.25, 0.3) is 0 Å². The van der Waals surface area contributed by atoms with Crippen molar-refractivity contribution in [2.75, 3.05) is 7.11 Å². The third-order valence-corrected chi connectivity index (χ3v) is 6.22. The van der Waals surface area contributed by atoms with Crippen LogP contribution in [-0.4, -0.2) is 23.6 Å². The number of esters is 1. The molecule has 29 heavy (non-hydrogen) atoms. The highest BCUT2D eigenvalue weighted by Gasteiger charge is 2.23. The maximum atomic E-state index is 13.1. The Balaban J connectivity index is 1.85. The van der Waals surface area contributed by atoms with Crippen molar-refractivity contribution in [3.8, 4) is 0 Å². The molecular formula is C22H23BrN2O3S. The lowest BCUT2D eigenvalue weighted by molar-refractivity contribution is -0.141. The smallest absolute Gasteiger partial charge is 0.307 e. The van der Waals surface area contributed by atoms with Gasteiger partial charge >= 0.3 is 5.97 Å². The average molecular weight is 475 g/mol. The highest BCUT2D eigenvalue weighted by Crippen LogP contribution is 2.24. The van der Waals surface area contributed by atoms with Gasteiger partial charge in [-0.2, -0.15) is 0 Å². The molecule has 152 valence electrons. The van der Waals surface area contributed by atoms with Crippen molar-refractivity contribution in [2.45, 2.75) is 32.9 Å². The summed E-state index contributed by atoms with van der Waals surface area (Å²) in [5.41, 5.74) is 3.38. The minimum Gasteiger partial charge on any atom is -0.469 e. The molecule has 0 aliphatic rings. The lowest BCUT2D eigenvalue weighted by atomic mass is 10.0. The van der Waals surface area contributed by atoms with Crippen molar-refractivity contribution in [1.29, 1.82) is 0 Å². The van der Waals surface area contributed by atoms with E-state index in [9.17, 15) is 9.59 Å². The number of carbonyl (C=O) groups is 2. The van der Waals surface area contributed by atoms with Crippen LogP contribution in [0.15, 0.2) is 52.3 Å². The number of ether oxygens (including phenoxy) is 1. The molecule has 3 rings (SSSR count). The summed E-state index contributed by atoms with van der Waals surface area (Å²) in [5.74, 6) is -0.581. The van der Waals surface area contributed by atoms with Crippen LogP contribution in [0.1, 0.15) is 44.6 Å². The maximum Gasteiger partial charge on any atom is 0.307 e. The molecule has 1 atom stereocenters. The monoisotopic (exact) mass is 474 g/mol. The quantitative estimate of drug-likeness (QED) is 0.489. The summed E-state index contributed by atoms with van der Waals surface area (Å²) in [7, 11) is 1.35. The first-order valence-electron chi connectivity index (χ1n) is 9.21. The van der Waals surface area contributed by atoms with Gasteiger partial charge in [0.05, 0.1) is 31.7 Å². The van der Waals surface area contributed by atoms with E-state index in [-0.39, 0.29) is 18.3 Å². The van der Waals surface area contributed by atoms with Crippen molar-refractivity contribution in [1.82, 2.24) is 9.88 Å². The Kier molecular flexibility index (Phi) is 6.92. The number of methoxy groups -OCH3 is 1. The number of aryl methyl sites for hydroxylation is 1. The number of nitrogens with one attached hydrogen (secondary N) is 1. The van der Waals surface area contributed by atoms with Crippen LogP contribution in [0.2, 0.25) is 0 Å². The zero-order chi connectivity index (χ0) is 21.0. The second-order valence-corrected chi connectivity index (χ2v) is 8.76. The summed E-state index contributed by atoms with van der Waals surface area (Å²) in [5, 5.41) is 5.06. The molecule has 3 aromatic rings. The third kappa shape index (κ3) is 5.16. The van der Waals surface area contributed by atoms with E-state index in [4.69, 9.17) is 4.74 Å². The number of benzene rings is 1. The lowest BCUT2D eigenvalue weighted by Gasteiger charge is -2.19. The van der Waals surface area contributed by atoms with Crippen LogP contribution in [0.4, 0.5) is 0 Å². The van der Waals surface area contributed by atoms with E-state index in [0.29, 0.717) is 5.56 Å².